The third kappa shape index (κ3) is 3.22. The molecule has 1 aliphatic carbocycles. The minimum Gasteiger partial charge on any atom is -0.505 e. The molecule has 0 saturated carbocycles. The second-order valence-corrected chi connectivity index (χ2v) is 7.02. The molecule has 2 aliphatic rings. The number of likely N-dealkylation sites (N-methyl/N-ethyl adjacent to an activating group) is 1. The van der Waals surface area contributed by atoms with Crippen LogP contribution < -0.4 is 0 Å². The molecule has 1 aliphatic heterocycles. The monoisotopic (exact) mass is 372 g/mol. The van der Waals surface area contributed by atoms with Gasteiger partial charge in [0.1, 0.15) is 17.0 Å². The van der Waals surface area contributed by atoms with Crippen molar-refractivity contribution in [2.45, 2.75) is 19.9 Å². The van der Waals surface area contributed by atoms with Crippen LogP contribution in [0.25, 0.3) is 17.0 Å². The Bertz CT molecular complexity index is 1070. The second kappa shape index (κ2) is 7.39. The van der Waals surface area contributed by atoms with Gasteiger partial charge in [-0.05, 0) is 67.5 Å². The van der Waals surface area contributed by atoms with E-state index in [2.05, 4.69) is 41.2 Å². The van der Waals surface area contributed by atoms with Crippen LogP contribution in [0, 0.1) is 6.92 Å². The fraction of sp³-hybridized carbons (Fsp3) is 0.208. The van der Waals surface area contributed by atoms with E-state index in [1.807, 2.05) is 50.3 Å². The smallest absolute Gasteiger partial charge is 0.149 e. The van der Waals surface area contributed by atoms with Crippen molar-refractivity contribution < 1.29 is 9.84 Å². The number of fused-ring (bicyclic) bond motifs is 2. The van der Waals surface area contributed by atoms with Crippen molar-refractivity contribution in [1.29, 1.82) is 0 Å². The molecular weight excluding hydrogens is 348 g/mol. The quantitative estimate of drug-likeness (QED) is 0.831. The number of phenolic OH excluding ortho intramolecular Hbond substituents is 1. The van der Waals surface area contributed by atoms with Crippen LogP contribution in [-0.2, 0) is 4.74 Å². The van der Waals surface area contributed by atoms with Gasteiger partial charge in [0.25, 0.3) is 0 Å². The molecule has 1 atom stereocenters. The number of aryl methyl sites for hydroxylation is 1. The summed E-state index contributed by atoms with van der Waals surface area (Å²) in [5.41, 5.74) is 4.78. The highest BCUT2D eigenvalue weighted by Crippen LogP contribution is 2.32. The highest BCUT2D eigenvalue weighted by atomic mass is 16.5. The Kier molecular flexibility index (Phi) is 4.78. The molecule has 0 saturated heterocycles. The number of hydrogen-bond acceptors (Lipinski definition) is 4. The SMILES string of the molecule is CCOC1=CC2=CC=C(C=Cc3cc(C)c4cccnc4c3O)N(C)C2C=C1. The van der Waals surface area contributed by atoms with E-state index in [0.717, 1.165) is 28.0 Å². The summed E-state index contributed by atoms with van der Waals surface area (Å²) < 4.78 is 5.61. The van der Waals surface area contributed by atoms with Crippen LogP contribution in [0.4, 0.5) is 0 Å². The molecule has 4 nitrogen and oxygen atoms in total. The van der Waals surface area contributed by atoms with Crippen LogP contribution in [0.5, 0.6) is 5.75 Å². The summed E-state index contributed by atoms with van der Waals surface area (Å²) in [5, 5.41) is 11.6. The Morgan fingerprint density at radius 1 is 1.29 bits per heavy atom. The van der Waals surface area contributed by atoms with Crippen molar-refractivity contribution >= 4 is 17.0 Å². The van der Waals surface area contributed by atoms with E-state index in [1.54, 1.807) is 6.20 Å². The molecule has 2 aromatic rings. The van der Waals surface area contributed by atoms with Crippen molar-refractivity contribution in [1.82, 2.24) is 9.88 Å². The predicted molar refractivity (Wildman–Crippen MR) is 114 cm³/mol. The molecule has 2 heterocycles. The van der Waals surface area contributed by atoms with Gasteiger partial charge in [-0.1, -0.05) is 18.2 Å². The molecule has 1 aromatic carbocycles. The van der Waals surface area contributed by atoms with Gasteiger partial charge >= 0.3 is 0 Å². The Morgan fingerprint density at radius 2 is 2.14 bits per heavy atom. The topological polar surface area (TPSA) is 45.6 Å². The highest BCUT2D eigenvalue weighted by molar-refractivity contribution is 5.90. The minimum atomic E-state index is 0.183. The molecule has 0 fully saturated rings. The summed E-state index contributed by atoms with van der Waals surface area (Å²) in [7, 11) is 2.07. The Hall–Kier alpha value is -3.27. The second-order valence-electron chi connectivity index (χ2n) is 7.02. The van der Waals surface area contributed by atoms with E-state index in [0.29, 0.717) is 12.1 Å². The lowest BCUT2D eigenvalue weighted by molar-refractivity contribution is 0.239. The van der Waals surface area contributed by atoms with Crippen LogP contribution in [0.15, 0.2) is 77.9 Å². The molecular formula is C24H24N2O2. The maximum atomic E-state index is 10.6. The predicted octanol–water partition coefficient (Wildman–Crippen LogP) is 4.88. The van der Waals surface area contributed by atoms with Gasteiger partial charge in [0.2, 0.25) is 0 Å². The molecule has 0 bridgehead atoms. The van der Waals surface area contributed by atoms with E-state index >= 15 is 0 Å². The van der Waals surface area contributed by atoms with E-state index in [4.69, 9.17) is 4.74 Å². The average Bonchev–Trinajstić information content (AvgIpc) is 2.71. The summed E-state index contributed by atoms with van der Waals surface area (Å²) in [6.07, 6.45) is 16.2. The summed E-state index contributed by atoms with van der Waals surface area (Å²) in [6, 6.07) is 6.05. The Balaban J connectivity index is 1.65. The van der Waals surface area contributed by atoms with Gasteiger partial charge in [0, 0.05) is 29.9 Å². The van der Waals surface area contributed by atoms with Crippen molar-refractivity contribution in [3.63, 3.8) is 0 Å². The lowest BCUT2D eigenvalue weighted by Gasteiger charge is -2.34. The van der Waals surface area contributed by atoms with Crippen molar-refractivity contribution in [2.75, 3.05) is 13.7 Å². The van der Waals surface area contributed by atoms with Gasteiger partial charge in [-0.25, -0.2) is 0 Å². The number of benzene rings is 1. The fourth-order valence-corrected chi connectivity index (χ4v) is 3.71. The maximum absolute atomic E-state index is 10.6. The average molecular weight is 372 g/mol. The van der Waals surface area contributed by atoms with E-state index in [1.165, 1.54) is 5.57 Å². The highest BCUT2D eigenvalue weighted by Gasteiger charge is 2.22. The summed E-state index contributed by atoms with van der Waals surface area (Å²) in [5.74, 6) is 1.12. The molecule has 1 unspecified atom stereocenters. The van der Waals surface area contributed by atoms with E-state index < -0.39 is 0 Å². The fourth-order valence-electron chi connectivity index (χ4n) is 3.71. The number of aromatic nitrogens is 1. The summed E-state index contributed by atoms with van der Waals surface area (Å²) in [4.78, 5) is 6.56. The molecule has 1 N–H and O–H groups in total. The number of phenols is 1. The largest absolute Gasteiger partial charge is 0.505 e. The minimum absolute atomic E-state index is 0.183. The van der Waals surface area contributed by atoms with Gasteiger partial charge < -0.3 is 14.7 Å². The van der Waals surface area contributed by atoms with Gasteiger partial charge in [0.15, 0.2) is 0 Å². The first kappa shape index (κ1) is 18.1. The third-order valence-electron chi connectivity index (χ3n) is 5.21. The third-order valence-corrected chi connectivity index (χ3v) is 5.21. The zero-order chi connectivity index (χ0) is 19.7. The lowest BCUT2D eigenvalue weighted by Crippen LogP contribution is -2.33. The molecule has 0 spiro atoms. The number of nitrogens with zero attached hydrogens (tertiary/aromatic N) is 2. The van der Waals surface area contributed by atoms with Crippen molar-refractivity contribution in [2.24, 2.45) is 0 Å². The number of allylic oxidation sites excluding steroid dienone is 4. The zero-order valence-corrected chi connectivity index (χ0v) is 16.4. The van der Waals surface area contributed by atoms with Crippen molar-refractivity contribution in [3.8, 4) is 5.75 Å². The number of ether oxygens (including phenoxy) is 1. The van der Waals surface area contributed by atoms with Crippen molar-refractivity contribution in [3.05, 3.63) is 89.0 Å². The van der Waals surface area contributed by atoms with E-state index in [-0.39, 0.29) is 11.8 Å². The maximum Gasteiger partial charge on any atom is 0.149 e. The first-order chi connectivity index (χ1) is 13.6. The number of rotatable bonds is 4. The van der Waals surface area contributed by atoms with Gasteiger partial charge in [-0.2, -0.15) is 0 Å². The van der Waals surface area contributed by atoms with Gasteiger partial charge in [-0.3, -0.25) is 4.98 Å². The molecule has 0 radical (unpaired) electrons. The van der Waals surface area contributed by atoms with Crippen LogP contribution in [0.3, 0.4) is 0 Å². The zero-order valence-electron chi connectivity index (χ0n) is 16.4. The van der Waals surface area contributed by atoms with Crippen LogP contribution in [-0.4, -0.2) is 34.7 Å². The first-order valence-corrected chi connectivity index (χ1v) is 9.51. The van der Waals surface area contributed by atoms with Crippen LogP contribution in [0.1, 0.15) is 18.1 Å². The van der Waals surface area contributed by atoms with Crippen LogP contribution in [0.2, 0.25) is 0 Å². The molecule has 4 heteroatoms. The molecule has 28 heavy (non-hydrogen) atoms. The number of pyridine rings is 1. The molecule has 4 rings (SSSR count). The molecule has 1 aromatic heterocycles. The Morgan fingerprint density at radius 3 is 2.96 bits per heavy atom. The van der Waals surface area contributed by atoms with Gasteiger partial charge in [0.05, 0.1) is 12.6 Å². The first-order valence-electron chi connectivity index (χ1n) is 9.51. The number of hydrogen-bond donors (Lipinski definition) is 1. The van der Waals surface area contributed by atoms with Gasteiger partial charge in [-0.15, -0.1) is 0 Å². The summed E-state index contributed by atoms with van der Waals surface area (Å²) in [6.45, 7) is 4.69. The van der Waals surface area contributed by atoms with E-state index in [9.17, 15) is 5.11 Å². The lowest BCUT2D eigenvalue weighted by atomic mass is 9.95. The van der Waals surface area contributed by atoms with Crippen LogP contribution >= 0.6 is 0 Å². The summed E-state index contributed by atoms with van der Waals surface area (Å²) >= 11 is 0. The normalized spacial score (nSPS) is 18.8. The standard InChI is InChI=1S/C24H24N2O2/c1-4-28-20-11-12-22-17(15-20)7-9-19(26(22)3)10-8-18-14-16(2)21-6-5-13-25-23(21)24(18)27/h5-15,22,27H,4H2,1-3H3. The Labute approximate surface area is 165 Å². The number of aromatic hydroxyl groups is 1. The molecule has 142 valence electrons. The molecule has 0 amide bonds.